The molecule has 14 heavy (non-hydrogen) atoms. The highest BCUT2D eigenvalue weighted by atomic mass is 16.6. The second-order valence-corrected chi connectivity index (χ2v) is 2.44. The molecule has 0 atom stereocenters. The summed E-state index contributed by atoms with van der Waals surface area (Å²) in [4.78, 5) is 20.3. The normalized spacial score (nSPS) is 9.50. The molecule has 0 saturated heterocycles. The number of nitrogens with two attached hydrogens (primary N) is 1. The third kappa shape index (κ3) is 1.77. The molecule has 0 aromatic heterocycles. The zero-order chi connectivity index (χ0) is 10.7. The number of rotatable bonds is 3. The van der Waals surface area contributed by atoms with Gasteiger partial charge in [0.05, 0.1) is 16.2 Å². The number of anilines is 1. The number of nitrogens with zero attached hydrogens (tertiary/aromatic N) is 1. The van der Waals surface area contributed by atoms with Crippen LogP contribution < -0.4 is 11.3 Å². The minimum atomic E-state index is -1.20. The number of nitrogen functional groups attached to an aromatic ring is 1. The Labute approximate surface area is 78.3 Å². The third-order valence-electron chi connectivity index (χ3n) is 1.60. The highest BCUT2D eigenvalue weighted by Crippen LogP contribution is 2.21. The number of hydrogen-bond acceptors (Lipinski definition) is 5. The summed E-state index contributed by atoms with van der Waals surface area (Å²) in [5.74, 6) is 3.82. The van der Waals surface area contributed by atoms with Gasteiger partial charge in [0.15, 0.2) is 0 Å². The van der Waals surface area contributed by atoms with E-state index in [9.17, 15) is 14.9 Å². The van der Waals surface area contributed by atoms with Crippen molar-refractivity contribution < 1.29 is 14.8 Å². The lowest BCUT2D eigenvalue weighted by Gasteiger charge is -2.03. The molecule has 1 rings (SSSR count). The van der Waals surface area contributed by atoms with E-state index in [-0.39, 0.29) is 16.9 Å². The first-order valence-corrected chi connectivity index (χ1v) is 3.54. The van der Waals surface area contributed by atoms with Crippen molar-refractivity contribution in [3.05, 3.63) is 33.9 Å². The maximum absolute atomic E-state index is 10.6. The molecule has 0 bridgehead atoms. The first kappa shape index (κ1) is 9.93. The SMILES string of the molecule is NNc1cc([N+](=O)[O-])ccc1C(=O)O. The Balaban J connectivity index is 3.25. The van der Waals surface area contributed by atoms with Crippen molar-refractivity contribution in [1.29, 1.82) is 0 Å². The van der Waals surface area contributed by atoms with E-state index in [1.807, 2.05) is 0 Å². The lowest BCUT2D eigenvalue weighted by atomic mass is 10.1. The number of aromatic carboxylic acids is 1. The number of hydrogen-bond donors (Lipinski definition) is 3. The van der Waals surface area contributed by atoms with Crippen molar-refractivity contribution in [3.8, 4) is 0 Å². The molecule has 1 aromatic rings. The molecule has 0 aliphatic rings. The van der Waals surface area contributed by atoms with Crippen LogP contribution in [0, 0.1) is 10.1 Å². The fraction of sp³-hybridized carbons (Fsp3) is 0. The van der Waals surface area contributed by atoms with Crippen molar-refractivity contribution in [2.75, 3.05) is 5.43 Å². The van der Waals surface area contributed by atoms with E-state index in [1.54, 1.807) is 0 Å². The molecular weight excluding hydrogens is 190 g/mol. The monoisotopic (exact) mass is 197 g/mol. The van der Waals surface area contributed by atoms with Crippen molar-refractivity contribution in [2.45, 2.75) is 0 Å². The summed E-state index contributed by atoms with van der Waals surface area (Å²) in [6.45, 7) is 0. The van der Waals surface area contributed by atoms with Gasteiger partial charge in [-0.2, -0.15) is 0 Å². The Hall–Kier alpha value is -2.15. The number of carboxylic acids is 1. The molecule has 7 heteroatoms. The van der Waals surface area contributed by atoms with Crippen LogP contribution >= 0.6 is 0 Å². The standard InChI is InChI=1S/C7H7N3O4/c8-9-6-3-4(10(13)14)1-2-5(6)7(11)12/h1-3,9H,8H2,(H,11,12). The van der Waals surface area contributed by atoms with E-state index < -0.39 is 10.9 Å². The Morgan fingerprint density at radius 3 is 2.64 bits per heavy atom. The van der Waals surface area contributed by atoms with E-state index in [1.165, 1.54) is 0 Å². The quantitative estimate of drug-likeness (QED) is 0.370. The molecule has 0 amide bonds. The molecule has 0 unspecified atom stereocenters. The van der Waals surface area contributed by atoms with Crippen LogP contribution in [0.1, 0.15) is 10.4 Å². The number of carbonyl (C=O) groups is 1. The number of benzene rings is 1. The fourth-order valence-corrected chi connectivity index (χ4v) is 0.952. The van der Waals surface area contributed by atoms with Gasteiger partial charge in [0.2, 0.25) is 0 Å². The molecule has 1 aromatic carbocycles. The van der Waals surface area contributed by atoms with Gasteiger partial charge in [-0.3, -0.25) is 16.0 Å². The van der Waals surface area contributed by atoms with E-state index >= 15 is 0 Å². The molecule has 0 aliphatic carbocycles. The Kier molecular flexibility index (Phi) is 2.63. The maximum Gasteiger partial charge on any atom is 0.337 e. The zero-order valence-corrected chi connectivity index (χ0v) is 6.93. The summed E-state index contributed by atoms with van der Waals surface area (Å²) in [5.41, 5.74) is 1.76. The van der Waals surface area contributed by atoms with Gasteiger partial charge in [-0.1, -0.05) is 0 Å². The van der Waals surface area contributed by atoms with Gasteiger partial charge < -0.3 is 10.5 Å². The molecule has 0 fully saturated rings. The zero-order valence-electron chi connectivity index (χ0n) is 6.93. The van der Waals surface area contributed by atoms with Gasteiger partial charge in [0.1, 0.15) is 0 Å². The molecule has 0 saturated carbocycles. The number of non-ortho nitro benzene ring substituents is 1. The Morgan fingerprint density at radius 2 is 2.21 bits per heavy atom. The van der Waals surface area contributed by atoms with Crippen molar-refractivity contribution in [3.63, 3.8) is 0 Å². The van der Waals surface area contributed by atoms with Gasteiger partial charge in [-0.25, -0.2) is 4.79 Å². The van der Waals surface area contributed by atoms with Gasteiger partial charge in [0.25, 0.3) is 5.69 Å². The van der Waals surface area contributed by atoms with Crippen molar-refractivity contribution >= 4 is 17.3 Å². The molecule has 0 aliphatic heterocycles. The van der Waals surface area contributed by atoms with Crippen LogP contribution in [0.3, 0.4) is 0 Å². The average molecular weight is 197 g/mol. The van der Waals surface area contributed by atoms with Crippen LogP contribution in [0.15, 0.2) is 18.2 Å². The number of nitrogens with one attached hydrogen (secondary N) is 1. The minimum Gasteiger partial charge on any atom is -0.478 e. The first-order chi connectivity index (χ1) is 6.56. The van der Waals surface area contributed by atoms with Crippen LogP contribution in [0.4, 0.5) is 11.4 Å². The highest BCUT2D eigenvalue weighted by molar-refractivity contribution is 5.94. The Morgan fingerprint density at radius 1 is 1.57 bits per heavy atom. The summed E-state index contributed by atoms with van der Waals surface area (Å²) in [6.07, 6.45) is 0. The number of hydrazine groups is 1. The minimum absolute atomic E-state index is 0.00620. The topological polar surface area (TPSA) is 118 Å². The van der Waals surface area contributed by atoms with Crippen molar-refractivity contribution in [1.82, 2.24) is 0 Å². The summed E-state index contributed by atoms with van der Waals surface area (Å²) >= 11 is 0. The molecule has 7 nitrogen and oxygen atoms in total. The molecule has 74 valence electrons. The predicted molar refractivity (Wildman–Crippen MR) is 47.9 cm³/mol. The maximum atomic E-state index is 10.6. The van der Waals surface area contributed by atoms with Crippen LogP contribution in [0.2, 0.25) is 0 Å². The molecule has 0 radical (unpaired) electrons. The van der Waals surface area contributed by atoms with Gasteiger partial charge in [-0.05, 0) is 6.07 Å². The van der Waals surface area contributed by atoms with Crippen LogP contribution in [0.25, 0.3) is 0 Å². The molecule has 0 heterocycles. The fourth-order valence-electron chi connectivity index (χ4n) is 0.952. The summed E-state index contributed by atoms with van der Waals surface area (Å²) in [5, 5.41) is 19.0. The lowest BCUT2D eigenvalue weighted by molar-refractivity contribution is -0.384. The second kappa shape index (κ2) is 3.71. The smallest absolute Gasteiger partial charge is 0.337 e. The van der Waals surface area contributed by atoms with Crippen molar-refractivity contribution in [2.24, 2.45) is 5.84 Å². The predicted octanol–water partition coefficient (Wildman–Crippen LogP) is 0.579. The first-order valence-electron chi connectivity index (χ1n) is 3.54. The van der Waals surface area contributed by atoms with E-state index in [0.717, 1.165) is 18.2 Å². The van der Waals surface area contributed by atoms with Crippen LogP contribution in [0.5, 0.6) is 0 Å². The molecule has 0 spiro atoms. The van der Waals surface area contributed by atoms with E-state index in [2.05, 4.69) is 5.43 Å². The van der Waals surface area contributed by atoms with E-state index in [4.69, 9.17) is 10.9 Å². The van der Waals surface area contributed by atoms with Crippen LogP contribution in [-0.2, 0) is 0 Å². The van der Waals surface area contributed by atoms with Gasteiger partial charge in [-0.15, -0.1) is 0 Å². The highest BCUT2D eigenvalue weighted by Gasteiger charge is 2.14. The van der Waals surface area contributed by atoms with Crippen LogP contribution in [-0.4, -0.2) is 16.0 Å². The summed E-state index contributed by atoms with van der Waals surface area (Å²) in [7, 11) is 0. The Bertz CT molecular complexity index is 391. The third-order valence-corrected chi connectivity index (χ3v) is 1.60. The number of carboxylic acid groups (broad SMARTS) is 1. The second-order valence-electron chi connectivity index (χ2n) is 2.44. The van der Waals surface area contributed by atoms with Gasteiger partial charge >= 0.3 is 5.97 Å². The molecular formula is C7H7N3O4. The number of nitro benzene ring substituents is 1. The number of nitro groups is 1. The lowest BCUT2D eigenvalue weighted by Crippen LogP contribution is -2.12. The van der Waals surface area contributed by atoms with Gasteiger partial charge in [0, 0.05) is 12.1 Å². The summed E-state index contributed by atoms with van der Waals surface area (Å²) in [6, 6.07) is 3.28. The largest absolute Gasteiger partial charge is 0.478 e. The molecule has 4 N–H and O–H groups in total. The van der Waals surface area contributed by atoms with E-state index in [0.29, 0.717) is 0 Å². The summed E-state index contributed by atoms with van der Waals surface area (Å²) < 4.78 is 0. The average Bonchev–Trinajstić information content (AvgIpc) is 2.16.